The van der Waals surface area contributed by atoms with Crippen LogP contribution in [-0.2, 0) is 19.7 Å². The molecule has 0 spiro atoms. The molecule has 0 aliphatic rings. The third-order valence-electron chi connectivity index (χ3n) is 2.84. The molecule has 0 amide bonds. The van der Waals surface area contributed by atoms with Crippen LogP contribution in [0.1, 0.15) is 26.3 Å². The molecule has 6 heteroatoms. The maximum Gasteiger partial charge on any atom is 0.501 e. The minimum absolute atomic E-state index is 0.634. The fourth-order valence-corrected chi connectivity index (χ4v) is 6.66. The average molecular weight is 520 g/mol. The fourth-order valence-electron chi connectivity index (χ4n) is 2.05. The summed E-state index contributed by atoms with van der Waals surface area (Å²) in [5.41, 5.74) is 1.37. The standard InChI is InChI=1S/C14H22I2O3Si/c1-4-17-20(18-5-2,19-6-3)11-10-12-13(15)8-7-9-14(12)16/h7-9H,4-6,10-11H2,1-3H3. The Morgan fingerprint density at radius 3 is 1.75 bits per heavy atom. The fraction of sp³-hybridized carbons (Fsp3) is 0.571. The molecular formula is C14H22I2O3Si. The van der Waals surface area contributed by atoms with Gasteiger partial charge in [-0.05, 0) is 90.1 Å². The maximum absolute atomic E-state index is 5.90. The molecule has 0 radical (unpaired) electrons. The van der Waals surface area contributed by atoms with E-state index >= 15 is 0 Å². The quantitative estimate of drug-likeness (QED) is 0.355. The molecule has 0 aromatic heterocycles. The second-order valence-electron chi connectivity index (χ2n) is 4.18. The van der Waals surface area contributed by atoms with Gasteiger partial charge in [-0.2, -0.15) is 0 Å². The van der Waals surface area contributed by atoms with Gasteiger partial charge in [-0.3, -0.25) is 0 Å². The van der Waals surface area contributed by atoms with Gasteiger partial charge in [-0.25, -0.2) is 0 Å². The first-order valence-corrected chi connectivity index (χ1v) is 11.0. The Hall–Kier alpha value is 0.777. The molecule has 0 unspecified atom stereocenters. The second kappa shape index (κ2) is 9.72. The van der Waals surface area contributed by atoms with E-state index in [2.05, 4.69) is 63.4 Å². The van der Waals surface area contributed by atoms with E-state index in [4.69, 9.17) is 13.3 Å². The minimum atomic E-state index is -2.53. The van der Waals surface area contributed by atoms with Crippen LogP contribution >= 0.6 is 45.2 Å². The summed E-state index contributed by atoms with van der Waals surface area (Å²) in [6.07, 6.45) is 0.934. The third kappa shape index (κ3) is 5.52. The number of rotatable bonds is 9. The van der Waals surface area contributed by atoms with E-state index in [0.29, 0.717) is 19.8 Å². The van der Waals surface area contributed by atoms with Crippen LogP contribution in [0, 0.1) is 7.14 Å². The molecule has 0 N–H and O–H groups in total. The first-order valence-electron chi connectivity index (χ1n) is 6.93. The van der Waals surface area contributed by atoms with Crippen molar-refractivity contribution in [3.8, 4) is 0 Å². The van der Waals surface area contributed by atoms with Gasteiger partial charge >= 0.3 is 8.80 Å². The van der Waals surface area contributed by atoms with Crippen molar-refractivity contribution in [2.45, 2.75) is 33.2 Å². The maximum atomic E-state index is 5.90. The zero-order valence-electron chi connectivity index (χ0n) is 12.2. The Bertz CT molecular complexity index is 378. The first kappa shape index (κ1) is 18.8. The molecule has 114 valence electrons. The van der Waals surface area contributed by atoms with Crippen LogP contribution in [0.5, 0.6) is 0 Å². The molecule has 0 atom stereocenters. The molecule has 3 nitrogen and oxygen atoms in total. The first-order chi connectivity index (χ1) is 9.58. The summed E-state index contributed by atoms with van der Waals surface area (Å²) in [4.78, 5) is 0. The molecule has 1 aromatic rings. The van der Waals surface area contributed by atoms with Crippen LogP contribution in [-0.4, -0.2) is 28.6 Å². The van der Waals surface area contributed by atoms with Crippen LogP contribution in [0.3, 0.4) is 0 Å². The molecule has 0 saturated heterocycles. The van der Waals surface area contributed by atoms with Gasteiger partial charge in [0.25, 0.3) is 0 Å². The summed E-state index contributed by atoms with van der Waals surface area (Å²) >= 11 is 4.78. The second-order valence-corrected chi connectivity index (χ2v) is 9.24. The number of hydrogen-bond donors (Lipinski definition) is 0. The molecule has 1 rings (SSSR count). The van der Waals surface area contributed by atoms with E-state index in [-0.39, 0.29) is 0 Å². The normalized spacial score (nSPS) is 11.8. The molecule has 0 bridgehead atoms. The Morgan fingerprint density at radius 2 is 1.35 bits per heavy atom. The van der Waals surface area contributed by atoms with E-state index in [1.165, 1.54) is 12.7 Å². The van der Waals surface area contributed by atoms with Crippen molar-refractivity contribution >= 4 is 54.0 Å². The lowest BCUT2D eigenvalue weighted by Gasteiger charge is -2.28. The van der Waals surface area contributed by atoms with Gasteiger partial charge in [0.15, 0.2) is 0 Å². The van der Waals surface area contributed by atoms with Gasteiger partial charge < -0.3 is 13.3 Å². The Kier molecular flexibility index (Phi) is 9.15. The monoisotopic (exact) mass is 520 g/mol. The van der Waals surface area contributed by atoms with E-state index in [9.17, 15) is 0 Å². The topological polar surface area (TPSA) is 27.7 Å². The highest BCUT2D eigenvalue weighted by atomic mass is 127. The summed E-state index contributed by atoms with van der Waals surface area (Å²) in [5, 5.41) is 0. The van der Waals surface area contributed by atoms with Gasteiger partial charge in [0.1, 0.15) is 0 Å². The van der Waals surface area contributed by atoms with Crippen LogP contribution in [0.15, 0.2) is 18.2 Å². The van der Waals surface area contributed by atoms with Crippen molar-refractivity contribution in [2.24, 2.45) is 0 Å². The van der Waals surface area contributed by atoms with Gasteiger partial charge in [-0.1, -0.05) is 6.07 Å². The van der Waals surface area contributed by atoms with E-state index in [1.807, 2.05) is 20.8 Å². The summed E-state index contributed by atoms with van der Waals surface area (Å²) in [6.45, 7) is 7.89. The highest BCUT2D eigenvalue weighted by Crippen LogP contribution is 2.25. The van der Waals surface area contributed by atoms with Gasteiger partial charge in [0.05, 0.1) is 0 Å². The number of benzene rings is 1. The molecule has 0 fully saturated rings. The molecule has 0 heterocycles. The lowest BCUT2D eigenvalue weighted by atomic mass is 10.2. The predicted octanol–water partition coefficient (Wildman–Crippen LogP) is 4.49. The lowest BCUT2D eigenvalue weighted by Crippen LogP contribution is -2.46. The molecule has 0 saturated carbocycles. The SMILES string of the molecule is CCO[Si](CCc1c(I)cccc1I)(OCC)OCC. The lowest BCUT2D eigenvalue weighted by molar-refractivity contribution is 0.0714. The largest absolute Gasteiger partial charge is 0.501 e. The Labute approximate surface area is 150 Å². The highest BCUT2D eigenvalue weighted by Gasteiger charge is 2.40. The smallest absolute Gasteiger partial charge is 0.374 e. The molecular weight excluding hydrogens is 498 g/mol. The van der Waals surface area contributed by atoms with E-state index in [1.54, 1.807) is 0 Å². The zero-order chi connectivity index (χ0) is 15.0. The van der Waals surface area contributed by atoms with Crippen LogP contribution in [0.4, 0.5) is 0 Å². The van der Waals surface area contributed by atoms with Crippen LogP contribution < -0.4 is 0 Å². The summed E-state index contributed by atoms with van der Waals surface area (Å²) < 4.78 is 20.3. The van der Waals surface area contributed by atoms with Crippen molar-refractivity contribution in [3.63, 3.8) is 0 Å². The highest BCUT2D eigenvalue weighted by molar-refractivity contribution is 14.1. The van der Waals surface area contributed by atoms with Crippen molar-refractivity contribution in [2.75, 3.05) is 19.8 Å². The van der Waals surface area contributed by atoms with E-state index in [0.717, 1.165) is 12.5 Å². The zero-order valence-corrected chi connectivity index (χ0v) is 17.6. The van der Waals surface area contributed by atoms with E-state index < -0.39 is 8.80 Å². The van der Waals surface area contributed by atoms with Gasteiger partial charge in [0.2, 0.25) is 0 Å². The Balaban J connectivity index is 2.84. The third-order valence-corrected chi connectivity index (χ3v) is 7.90. The molecule has 0 aliphatic carbocycles. The van der Waals surface area contributed by atoms with Crippen LogP contribution in [0.25, 0.3) is 0 Å². The molecule has 0 aliphatic heterocycles. The van der Waals surface area contributed by atoms with Crippen LogP contribution in [0.2, 0.25) is 6.04 Å². The van der Waals surface area contributed by atoms with Crippen molar-refractivity contribution in [1.82, 2.24) is 0 Å². The van der Waals surface area contributed by atoms with Crippen molar-refractivity contribution < 1.29 is 13.3 Å². The average Bonchev–Trinajstić information content (AvgIpc) is 2.39. The number of halogens is 2. The van der Waals surface area contributed by atoms with Gasteiger partial charge in [0, 0.05) is 33.0 Å². The number of hydrogen-bond acceptors (Lipinski definition) is 3. The minimum Gasteiger partial charge on any atom is -0.374 e. The van der Waals surface area contributed by atoms with Gasteiger partial charge in [-0.15, -0.1) is 0 Å². The summed E-state index contributed by atoms with van der Waals surface area (Å²) in [5.74, 6) is 0. The predicted molar refractivity (Wildman–Crippen MR) is 101 cm³/mol. The Morgan fingerprint density at radius 1 is 0.900 bits per heavy atom. The summed E-state index contributed by atoms with van der Waals surface area (Å²) in [7, 11) is -2.53. The van der Waals surface area contributed by atoms with Crippen molar-refractivity contribution in [1.29, 1.82) is 0 Å². The molecule has 20 heavy (non-hydrogen) atoms. The van der Waals surface area contributed by atoms with Crippen molar-refractivity contribution in [3.05, 3.63) is 30.9 Å². The summed E-state index contributed by atoms with van der Waals surface area (Å²) in [6, 6.07) is 7.20. The molecule has 1 aromatic carbocycles.